The molecule has 0 aliphatic carbocycles. The van der Waals surface area contributed by atoms with Gasteiger partial charge in [0.05, 0.1) is 0 Å². The molecule has 80 valence electrons. The van der Waals surface area contributed by atoms with E-state index < -0.39 is 0 Å². The second-order valence-electron chi connectivity index (χ2n) is 3.65. The predicted octanol–water partition coefficient (Wildman–Crippen LogP) is 1.20. The molecule has 2 N–H and O–H groups in total. The summed E-state index contributed by atoms with van der Waals surface area (Å²) in [5.41, 5.74) is 0. The second kappa shape index (κ2) is 4.95. The van der Waals surface area contributed by atoms with Gasteiger partial charge in [-0.2, -0.15) is 4.98 Å². The zero-order valence-corrected chi connectivity index (χ0v) is 8.82. The lowest BCUT2D eigenvalue weighted by Gasteiger charge is -2.19. The van der Waals surface area contributed by atoms with Crippen molar-refractivity contribution in [1.82, 2.24) is 10.1 Å². The van der Waals surface area contributed by atoms with Gasteiger partial charge in [0.15, 0.2) is 5.82 Å². The summed E-state index contributed by atoms with van der Waals surface area (Å²) in [6.07, 6.45) is 0.680. The smallest absolute Gasteiger partial charge is 0.321 e. The van der Waals surface area contributed by atoms with E-state index in [1.807, 2.05) is 0 Å². The number of aliphatic hydroxyl groups excluding tert-OH is 1. The summed E-state index contributed by atoms with van der Waals surface area (Å²) in [6.45, 7) is 6.08. The maximum Gasteiger partial charge on any atom is 0.321 e. The largest absolute Gasteiger partial charge is 0.396 e. The van der Waals surface area contributed by atoms with Crippen LogP contribution in [0.25, 0.3) is 0 Å². The maximum absolute atomic E-state index is 8.86. The predicted molar refractivity (Wildman–Crippen MR) is 53.0 cm³/mol. The van der Waals surface area contributed by atoms with Gasteiger partial charge in [-0.05, 0) is 19.3 Å². The van der Waals surface area contributed by atoms with Gasteiger partial charge in [-0.3, -0.25) is 0 Å². The first kappa shape index (κ1) is 11.0. The maximum atomic E-state index is 8.86. The lowest BCUT2D eigenvalue weighted by Crippen LogP contribution is -2.26. The van der Waals surface area contributed by atoms with Crippen molar-refractivity contribution in [3.05, 3.63) is 5.82 Å². The fourth-order valence-corrected chi connectivity index (χ4v) is 1.23. The summed E-state index contributed by atoms with van der Waals surface area (Å²) in [5.74, 6) is 1.02. The summed E-state index contributed by atoms with van der Waals surface area (Å²) in [6, 6.07) is 0.592. The van der Waals surface area contributed by atoms with E-state index >= 15 is 0 Å². The SMILES string of the molecule is Cc1noc(NC(CCO)C(C)C)n1. The first-order valence-electron chi connectivity index (χ1n) is 4.81. The lowest BCUT2D eigenvalue weighted by atomic mass is 10.0. The molecule has 5 nitrogen and oxygen atoms in total. The number of rotatable bonds is 5. The van der Waals surface area contributed by atoms with E-state index in [0.717, 1.165) is 0 Å². The van der Waals surface area contributed by atoms with Crippen LogP contribution in [0.15, 0.2) is 4.52 Å². The molecule has 1 rings (SSSR count). The van der Waals surface area contributed by atoms with Crippen molar-refractivity contribution in [2.24, 2.45) is 5.92 Å². The molecule has 0 saturated carbocycles. The molecule has 1 unspecified atom stereocenters. The van der Waals surface area contributed by atoms with Gasteiger partial charge in [-0.1, -0.05) is 19.0 Å². The van der Waals surface area contributed by atoms with E-state index in [0.29, 0.717) is 24.2 Å². The van der Waals surface area contributed by atoms with Gasteiger partial charge in [-0.15, -0.1) is 0 Å². The number of aryl methyl sites for hydroxylation is 1. The minimum Gasteiger partial charge on any atom is -0.396 e. The molecule has 1 aromatic rings. The Kier molecular flexibility index (Phi) is 3.88. The van der Waals surface area contributed by atoms with Gasteiger partial charge < -0.3 is 14.9 Å². The van der Waals surface area contributed by atoms with Crippen LogP contribution in [0, 0.1) is 12.8 Å². The number of nitrogens with one attached hydrogen (secondary N) is 1. The number of aromatic nitrogens is 2. The number of aliphatic hydroxyl groups is 1. The molecule has 0 aliphatic heterocycles. The Morgan fingerprint density at radius 2 is 2.21 bits per heavy atom. The Labute approximate surface area is 83.5 Å². The van der Waals surface area contributed by atoms with Crippen LogP contribution < -0.4 is 5.32 Å². The highest BCUT2D eigenvalue weighted by molar-refractivity contribution is 5.20. The lowest BCUT2D eigenvalue weighted by molar-refractivity contribution is 0.265. The van der Waals surface area contributed by atoms with Gasteiger partial charge in [0, 0.05) is 12.6 Å². The average Bonchev–Trinajstić information content (AvgIpc) is 2.50. The molecule has 0 amide bonds. The Hall–Kier alpha value is -1.10. The molecule has 0 aliphatic rings. The van der Waals surface area contributed by atoms with Gasteiger partial charge >= 0.3 is 6.01 Å². The molecule has 0 bridgehead atoms. The van der Waals surface area contributed by atoms with E-state index in [4.69, 9.17) is 9.63 Å². The quantitative estimate of drug-likeness (QED) is 0.745. The molecule has 1 heterocycles. The van der Waals surface area contributed by atoms with Crippen molar-refractivity contribution in [2.45, 2.75) is 33.2 Å². The van der Waals surface area contributed by atoms with E-state index in [2.05, 4.69) is 29.3 Å². The summed E-state index contributed by atoms with van der Waals surface area (Å²) < 4.78 is 4.94. The van der Waals surface area contributed by atoms with E-state index in [1.54, 1.807) is 6.92 Å². The molecule has 0 saturated heterocycles. The highest BCUT2D eigenvalue weighted by atomic mass is 16.5. The Bertz CT molecular complexity index is 273. The van der Waals surface area contributed by atoms with Gasteiger partial charge in [-0.25, -0.2) is 0 Å². The van der Waals surface area contributed by atoms with Gasteiger partial charge in [0.2, 0.25) is 0 Å². The molecule has 0 spiro atoms. The van der Waals surface area contributed by atoms with E-state index in [-0.39, 0.29) is 12.6 Å². The van der Waals surface area contributed by atoms with Crippen LogP contribution in [-0.4, -0.2) is 27.9 Å². The number of hydrogen-bond acceptors (Lipinski definition) is 5. The fourth-order valence-electron chi connectivity index (χ4n) is 1.23. The number of nitrogens with zero attached hydrogens (tertiary/aromatic N) is 2. The monoisotopic (exact) mass is 199 g/mol. The van der Waals surface area contributed by atoms with Crippen molar-refractivity contribution >= 4 is 6.01 Å². The summed E-state index contributed by atoms with van der Waals surface area (Å²) in [7, 11) is 0. The van der Waals surface area contributed by atoms with E-state index in [9.17, 15) is 0 Å². The van der Waals surface area contributed by atoms with Crippen LogP contribution in [0.5, 0.6) is 0 Å². The zero-order valence-electron chi connectivity index (χ0n) is 8.82. The standard InChI is InChI=1S/C9H17N3O2/c1-6(2)8(4-5-13)11-9-10-7(3)12-14-9/h6,8,13H,4-5H2,1-3H3,(H,10,11,12). The minimum atomic E-state index is 0.156. The Balaban J connectivity index is 2.55. The van der Waals surface area contributed by atoms with Crippen molar-refractivity contribution < 1.29 is 9.63 Å². The summed E-state index contributed by atoms with van der Waals surface area (Å²) >= 11 is 0. The summed E-state index contributed by atoms with van der Waals surface area (Å²) in [5, 5.41) is 15.6. The average molecular weight is 199 g/mol. The number of anilines is 1. The molecular formula is C9H17N3O2. The van der Waals surface area contributed by atoms with Crippen molar-refractivity contribution in [2.75, 3.05) is 11.9 Å². The highest BCUT2D eigenvalue weighted by Crippen LogP contribution is 2.12. The molecule has 5 heteroatoms. The molecule has 0 fully saturated rings. The minimum absolute atomic E-state index is 0.156. The normalized spacial score (nSPS) is 13.2. The Morgan fingerprint density at radius 3 is 2.64 bits per heavy atom. The van der Waals surface area contributed by atoms with E-state index in [1.165, 1.54) is 0 Å². The van der Waals surface area contributed by atoms with Gasteiger partial charge in [0.1, 0.15) is 0 Å². The third-order valence-electron chi connectivity index (χ3n) is 2.08. The second-order valence-corrected chi connectivity index (χ2v) is 3.65. The molecular weight excluding hydrogens is 182 g/mol. The highest BCUT2D eigenvalue weighted by Gasteiger charge is 2.15. The topological polar surface area (TPSA) is 71.2 Å². The molecule has 14 heavy (non-hydrogen) atoms. The van der Waals surface area contributed by atoms with Crippen LogP contribution in [-0.2, 0) is 0 Å². The first-order valence-corrected chi connectivity index (χ1v) is 4.81. The van der Waals surface area contributed by atoms with Crippen LogP contribution in [0.4, 0.5) is 6.01 Å². The van der Waals surface area contributed by atoms with Crippen molar-refractivity contribution in [3.63, 3.8) is 0 Å². The molecule has 0 radical (unpaired) electrons. The number of hydrogen-bond donors (Lipinski definition) is 2. The molecule has 1 atom stereocenters. The van der Waals surface area contributed by atoms with Crippen LogP contribution in [0.1, 0.15) is 26.1 Å². The third kappa shape index (κ3) is 2.99. The molecule has 1 aromatic heterocycles. The van der Waals surface area contributed by atoms with Crippen LogP contribution in [0.3, 0.4) is 0 Å². The molecule has 0 aromatic carbocycles. The van der Waals surface area contributed by atoms with Crippen molar-refractivity contribution in [1.29, 1.82) is 0 Å². The Morgan fingerprint density at radius 1 is 1.50 bits per heavy atom. The van der Waals surface area contributed by atoms with Gasteiger partial charge in [0.25, 0.3) is 0 Å². The van der Waals surface area contributed by atoms with Crippen LogP contribution in [0.2, 0.25) is 0 Å². The van der Waals surface area contributed by atoms with Crippen molar-refractivity contribution in [3.8, 4) is 0 Å². The van der Waals surface area contributed by atoms with Crippen LogP contribution >= 0.6 is 0 Å². The third-order valence-corrected chi connectivity index (χ3v) is 2.08. The summed E-state index contributed by atoms with van der Waals surface area (Å²) in [4.78, 5) is 4.04. The zero-order chi connectivity index (χ0) is 10.6. The first-order chi connectivity index (χ1) is 6.63. The fraction of sp³-hybridized carbons (Fsp3) is 0.778.